The molecule has 2 aliphatic heterocycles. The number of urea groups is 1. The summed E-state index contributed by atoms with van der Waals surface area (Å²) in [7, 11) is -3.64. The van der Waals surface area contributed by atoms with Gasteiger partial charge in [-0.05, 0) is 61.6 Å². The second-order valence-electron chi connectivity index (χ2n) is 10.8. The van der Waals surface area contributed by atoms with Gasteiger partial charge in [-0.3, -0.25) is 14.5 Å². The Hall–Kier alpha value is -2.46. The number of rotatable bonds is 5. The maximum Gasteiger partial charge on any atom is 0.325 e. The average molecular weight is 491 g/mol. The number of imide groups is 1. The highest BCUT2D eigenvalue weighted by Gasteiger charge is 2.56. The van der Waals surface area contributed by atoms with Gasteiger partial charge in [0.25, 0.3) is 5.91 Å². The van der Waals surface area contributed by atoms with Crippen molar-refractivity contribution in [3.8, 4) is 0 Å². The molecule has 186 valence electrons. The second-order valence-corrected chi connectivity index (χ2v) is 12.7. The molecule has 1 spiro atoms. The van der Waals surface area contributed by atoms with Crippen molar-refractivity contribution >= 4 is 33.6 Å². The largest absolute Gasteiger partial charge is 0.325 e. The highest BCUT2D eigenvalue weighted by atomic mass is 32.2. The van der Waals surface area contributed by atoms with E-state index in [0.29, 0.717) is 31.6 Å². The molecule has 1 aromatic rings. The Labute approximate surface area is 201 Å². The molecule has 34 heavy (non-hydrogen) atoms. The monoisotopic (exact) mass is 490 g/mol. The normalized spacial score (nSPS) is 27.6. The lowest BCUT2D eigenvalue weighted by Crippen LogP contribution is -2.54. The van der Waals surface area contributed by atoms with Gasteiger partial charge in [0.05, 0.1) is 4.90 Å². The molecular formula is C24H34N4O5S. The third-order valence-corrected chi connectivity index (χ3v) is 8.89. The van der Waals surface area contributed by atoms with Crippen LogP contribution in [0.1, 0.15) is 59.3 Å². The molecule has 0 bridgehead atoms. The van der Waals surface area contributed by atoms with Gasteiger partial charge in [-0.1, -0.05) is 33.3 Å². The van der Waals surface area contributed by atoms with E-state index in [2.05, 4.69) is 31.4 Å². The zero-order chi connectivity index (χ0) is 24.7. The molecule has 0 radical (unpaired) electrons. The summed E-state index contributed by atoms with van der Waals surface area (Å²) in [6.07, 6.45) is 4.73. The summed E-state index contributed by atoms with van der Waals surface area (Å²) < 4.78 is 27.4. The highest BCUT2D eigenvalue weighted by Crippen LogP contribution is 2.46. The Bertz CT molecular complexity index is 1100. The van der Waals surface area contributed by atoms with Gasteiger partial charge in [0.15, 0.2) is 0 Å². The number of nitrogens with one attached hydrogen (secondary N) is 2. The van der Waals surface area contributed by atoms with Gasteiger partial charge in [-0.15, -0.1) is 0 Å². The summed E-state index contributed by atoms with van der Waals surface area (Å²) in [5, 5.41) is 5.51. The van der Waals surface area contributed by atoms with Crippen LogP contribution in [0.3, 0.4) is 0 Å². The highest BCUT2D eigenvalue weighted by molar-refractivity contribution is 7.89. The Morgan fingerprint density at radius 2 is 1.85 bits per heavy atom. The minimum absolute atomic E-state index is 0.0981. The van der Waals surface area contributed by atoms with Gasteiger partial charge >= 0.3 is 6.03 Å². The lowest BCUT2D eigenvalue weighted by molar-refractivity contribution is -0.136. The van der Waals surface area contributed by atoms with Gasteiger partial charge < -0.3 is 10.6 Å². The van der Waals surface area contributed by atoms with Crippen molar-refractivity contribution in [2.24, 2.45) is 11.3 Å². The number of piperidine rings is 1. The maximum atomic E-state index is 13.3. The van der Waals surface area contributed by atoms with E-state index in [-0.39, 0.29) is 22.1 Å². The van der Waals surface area contributed by atoms with Crippen molar-refractivity contribution in [1.82, 2.24) is 14.5 Å². The summed E-state index contributed by atoms with van der Waals surface area (Å²) in [6, 6.07) is 5.52. The van der Waals surface area contributed by atoms with Crippen molar-refractivity contribution in [3.63, 3.8) is 0 Å². The van der Waals surface area contributed by atoms with Crippen LogP contribution in [-0.4, -0.2) is 60.6 Å². The number of benzene rings is 1. The lowest BCUT2D eigenvalue weighted by Gasteiger charge is -2.43. The molecule has 1 aromatic carbocycles. The SMILES string of the molecule is CC1CC(C)(C)CC2(C1)NC(=O)N(CC(=O)Nc1cccc(S(=O)(=O)N3CCCCC3)c1)C2=O. The molecule has 0 aromatic heterocycles. The summed E-state index contributed by atoms with van der Waals surface area (Å²) >= 11 is 0. The van der Waals surface area contributed by atoms with E-state index < -0.39 is 34.0 Å². The fourth-order valence-corrected chi connectivity index (χ4v) is 7.55. The number of hydrogen-bond donors (Lipinski definition) is 2. The molecule has 4 amide bonds. The molecule has 2 heterocycles. The Morgan fingerprint density at radius 3 is 2.53 bits per heavy atom. The predicted octanol–water partition coefficient (Wildman–Crippen LogP) is 2.94. The van der Waals surface area contributed by atoms with Gasteiger partial charge in [-0.2, -0.15) is 4.31 Å². The summed E-state index contributed by atoms with van der Waals surface area (Å²) in [4.78, 5) is 39.7. The molecular weight excluding hydrogens is 456 g/mol. The van der Waals surface area contributed by atoms with Crippen molar-refractivity contribution < 1.29 is 22.8 Å². The predicted molar refractivity (Wildman–Crippen MR) is 127 cm³/mol. The van der Waals surface area contributed by atoms with Crippen LogP contribution >= 0.6 is 0 Å². The number of nitrogens with zero attached hydrogens (tertiary/aromatic N) is 2. The summed E-state index contributed by atoms with van der Waals surface area (Å²) in [5.74, 6) is -0.656. The van der Waals surface area contributed by atoms with Crippen LogP contribution < -0.4 is 10.6 Å². The number of anilines is 1. The third-order valence-electron chi connectivity index (χ3n) is 7.00. The van der Waals surface area contributed by atoms with Gasteiger partial charge in [0, 0.05) is 18.8 Å². The molecule has 3 fully saturated rings. The summed E-state index contributed by atoms with van der Waals surface area (Å²) in [6.45, 7) is 6.80. The standard InChI is InChI=1S/C24H34N4O5S/c1-17-13-23(2,3)16-24(14-17)21(30)28(22(31)26-24)15-20(29)25-18-8-7-9-19(12-18)34(32,33)27-10-5-4-6-11-27/h7-9,12,17H,4-6,10-11,13-16H2,1-3H3,(H,25,29)(H,26,31). The second kappa shape index (κ2) is 8.96. The molecule has 2 unspecified atom stereocenters. The van der Waals surface area contributed by atoms with E-state index in [1.54, 1.807) is 12.1 Å². The molecule has 9 nitrogen and oxygen atoms in total. The van der Waals surface area contributed by atoms with E-state index >= 15 is 0 Å². The van der Waals surface area contributed by atoms with Crippen LogP contribution in [0.2, 0.25) is 0 Å². The lowest BCUT2D eigenvalue weighted by atomic mass is 9.64. The zero-order valence-corrected chi connectivity index (χ0v) is 20.9. The number of sulfonamides is 1. The number of hydrogen-bond acceptors (Lipinski definition) is 5. The Kier molecular flexibility index (Phi) is 6.50. The van der Waals surface area contributed by atoms with E-state index in [4.69, 9.17) is 0 Å². The van der Waals surface area contributed by atoms with Crippen molar-refractivity contribution in [3.05, 3.63) is 24.3 Å². The first-order valence-electron chi connectivity index (χ1n) is 12.0. The number of carbonyl (C=O) groups is 3. The molecule has 2 N–H and O–H groups in total. The van der Waals surface area contributed by atoms with Gasteiger partial charge in [-0.25, -0.2) is 13.2 Å². The first-order chi connectivity index (χ1) is 15.9. The third kappa shape index (κ3) is 4.84. The van der Waals surface area contributed by atoms with Crippen LogP contribution in [0.4, 0.5) is 10.5 Å². The minimum atomic E-state index is -3.64. The topological polar surface area (TPSA) is 116 Å². The van der Waals surface area contributed by atoms with E-state index in [1.807, 2.05) is 0 Å². The van der Waals surface area contributed by atoms with E-state index in [9.17, 15) is 22.8 Å². The molecule has 4 rings (SSSR count). The smallest absolute Gasteiger partial charge is 0.324 e. The Balaban J connectivity index is 1.45. The van der Waals surface area contributed by atoms with Crippen molar-refractivity contribution in [2.45, 2.75) is 69.7 Å². The Morgan fingerprint density at radius 1 is 1.15 bits per heavy atom. The van der Waals surface area contributed by atoms with Crippen LogP contribution in [0.15, 0.2) is 29.2 Å². The maximum absolute atomic E-state index is 13.3. The first kappa shape index (κ1) is 24.7. The minimum Gasteiger partial charge on any atom is -0.324 e. The quantitative estimate of drug-likeness (QED) is 0.616. The van der Waals surface area contributed by atoms with Crippen LogP contribution in [0, 0.1) is 11.3 Å². The number of carbonyl (C=O) groups excluding carboxylic acids is 3. The first-order valence-corrected chi connectivity index (χ1v) is 13.4. The van der Waals surface area contributed by atoms with Crippen molar-refractivity contribution in [1.29, 1.82) is 0 Å². The zero-order valence-electron chi connectivity index (χ0n) is 20.1. The molecule has 1 saturated carbocycles. The van der Waals surface area contributed by atoms with Crippen molar-refractivity contribution in [2.75, 3.05) is 25.0 Å². The van der Waals surface area contributed by atoms with E-state index in [0.717, 1.165) is 30.6 Å². The fraction of sp³-hybridized carbons (Fsp3) is 0.625. The molecule has 2 atom stereocenters. The summed E-state index contributed by atoms with van der Waals surface area (Å²) in [5.41, 5.74) is -0.766. The van der Waals surface area contributed by atoms with Crippen LogP contribution in [-0.2, 0) is 19.6 Å². The molecule has 2 saturated heterocycles. The van der Waals surface area contributed by atoms with Crippen LogP contribution in [0.5, 0.6) is 0 Å². The number of amides is 4. The van der Waals surface area contributed by atoms with E-state index in [1.165, 1.54) is 16.4 Å². The van der Waals surface area contributed by atoms with Gasteiger partial charge in [0.1, 0.15) is 12.1 Å². The van der Waals surface area contributed by atoms with Crippen LogP contribution in [0.25, 0.3) is 0 Å². The molecule has 10 heteroatoms. The fourth-order valence-electron chi connectivity index (χ4n) is 5.98. The molecule has 1 aliphatic carbocycles. The average Bonchev–Trinajstić information content (AvgIpc) is 2.96. The molecule has 3 aliphatic rings. The van der Waals surface area contributed by atoms with Gasteiger partial charge in [0.2, 0.25) is 15.9 Å².